The number of rotatable bonds is 7. The van der Waals surface area contributed by atoms with Crippen LogP contribution in [0.5, 0.6) is 0 Å². The van der Waals surface area contributed by atoms with Gasteiger partial charge < -0.3 is 9.84 Å². The number of carbonyl (C=O) groups excluding carboxylic acids is 1. The van der Waals surface area contributed by atoms with E-state index in [0.29, 0.717) is 11.1 Å². The summed E-state index contributed by atoms with van der Waals surface area (Å²) in [6.45, 7) is 0. The Kier molecular flexibility index (Phi) is 6.77. The minimum absolute atomic E-state index is 0.00677. The number of carboxylic acids is 1. The molecule has 0 aromatic heterocycles. The Morgan fingerprint density at radius 1 is 0.971 bits per heavy atom. The van der Waals surface area contributed by atoms with Gasteiger partial charge in [0.25, 0.3) is 6.43 Å². The van der Waals surface area contributed by atoms with Crippen LogP contribution in [0, 0.1) is 11.6 Å². The van der Waals surface area contributed by atoms with Crippen molar-refractivity contribution in [2.45, 2.75) is 31.4 Å². The molecule has 0 spiro atoms. The fraction of sp³-hybridized carbons (Fsp3) is 0.231. The molecular weight excluding hydrogens is 466 g/mol. The molecule has 0 saturated carbocycles. The minimum Gasteiger partial charge on any atom is -0.480 e. The summed E-state index contributed by atoms with van der Waals surface area (Å²) in [5, 5.41) is 10.1. The first-order valence-corrected chi connectivity index (χ1v) is 10.8. The lowest BCUT2D eigenvalue weighted by Crippen LogP contribution is -2.47. The fourth-order valence-electron chi connectivity index (χ4n) is 4.62. The van der Waals surface area contributed by atoms with Crippen molar-refractivity contribution in [3.63, 3.8) is 0 Å². The summed E-state index contributed by atoms with van der Waals surface area (Å²) in [5.74, 6) is -4.17. The van der Waals surface area contributed by atoms with Crippen LogP contribution in [0.1, 0.15) is 41.1 Å². The van der Waals surface area contributed by atoms with Crippen molar-refractivity contribution in [3.8, 4) is 11.1 Å². The lowest BCUT2D eigenvalue weighted by Gasteiger charge is -2.34. The maximum atomic E-state index is 14.0. The molecule has 182 valence electrons. The highest BCUT2D eigenvalue weighted by atomic mass is 19.3. The number of carboxylic acid groups (broad SMARTS) is 1. The molecule has 5 nitrogen and oxygen atoms in total. The summed E-state index contributed by atoms with van der Waals surface area (Å²) in [4.78, 5) is 26.4. The number of benzene rings is 3. The molecule has 0 heterocycles. The number of alkyl halides is 2. The third kappa shape index (κ3) is 4.45. The summed E-state index contributed by atoms with van der Waals surface area (Å²) in [5.41, 5.74) is 1.77. The van der Waals surface area contributed by atoms with Gasteiger partial charge in [-0.15, -0.1) is 0 Å². The number of hydrogen-bond donors (Lipinski definition) is 1. The van der Waals surface area contributed by atoms with E-state index in [-0.39, 0.29) is 18.4 Å². The Balaban J connectivity index is 1.72. The minimum atomic E-state index is -3.33. The first-order chi connectivity index (χ1) is 16.7. The third-order valence-electron chi connectivity index (χ3n) is 6.15. The molecule has 3 aromatic rings. The van der Waals surface area contributed by atoms with Crippen LogP contribution in [0.2, 0.25) is 0 Å². The predicted octanol–water partition coefficient (Wildman–Crippen LogP) is 6.13. The highest BCUT2D eigenvalue weighted by Crippen LogP contribution is 2.47. The molecule has 35 heavy (non-hydrogen) atoms. The second-order valence-corrected chi connectivity index (χ2v) is 8.12. The van der Waals surface area contributed by atoms with E-state index in [1.807, 2.05) is 24.3 Å². The van der Waals surface area contributed by atoms with E-state index in [9.17, 15) is 32.3 Å². The first-order valence-electron chi connectivity index (χ1n) is 10.8. The molecule has 0 fully saturated rings. The monoisotopic (exact) mass is 487 g/mol. The fourth-order valence-corrected chi connectivity index (χ4v) is 4.62. The van der Waals surface area contributed by atoms with Crippen LogP contribution in [-0.2, 0) is 16.0 Å². The number of aryl methyl sites for hydroxylation is 1. The zero-order valence-corrected chi connectivity index (χ0v) is 18.6. The van der Waals surface area contributed by atoms with Gasteiger partial charge in [0.05, 0.1) is 18.7 Å². The predicted molar refractivity (Wildman–Crippen MR) is 119 cm³/mol. The second-order valence-electron chi connectivity index (χ2n) is 8.12. The van der Waals surface area contributed by atoms with Crippen LogP contribution in [0.15, 0.2) is 60.7 Å². The van der Waals surface area contributed by atoms with Gasteiger partial charge in [0.2, 0.25) is 0 Å². The van der Waals surface area contributed by atoms with Gasteiger partial charge in [-0.3, -0.25) is 4.90 Å². The van der Waals surface area contributed by atoms with Crippen LogP contribution in [0.3, 0.4) is 0 Å². The van der Waals surface area contributed by atoms with Gasteiger partial charge in [-0.2, -0.15) is 0 Å². The topological polar surface area (TPSA) is 66.8 Å². The summed E-state index contributed by atoms with van der Waals surface area (Å²) in [7, 11) is 1.13. The summed E-state index contributed by atoms with van der Waals surface area (Å²) < 4.78 is 58.8. The van der Waals surface area contributed by atoms with E-state index in [2.05, 4.69) is 0 Å². The number of hydrogen-bond acceptors (Lipinski definition) is 3. The highest BCUT2D eigenvalue weighted by molar-refractivity contribution is 5.85. The van der Waals surface area contributed by atoms with Crippen molar-refractivity contribution >= 4 is 12.1 Å². The molecule has 4 rings (SSSR count). The van der Waals surface area contributed by atoms with Gasteiger partial charge in [-0.25, -0.2) is 27.2 Å². The maximum Gasteiger partial charge on any atom is 0.411 e. The average Bonchev–Trinajstić information content (AvgIpc) is 3.14. The van der Waals surface area contributed by atoms with E-state index in [1.54, 1.807) is 24.3 Å². The van der Waals surface area contributed by atoms with Crippen molar-refractivity contribution in [1.82, 2.24) is 4.90 Å². The van der Waals surface area contributed by atoms with Crippen molar-refractivity contribution in [3.05, 3.63) is 94.6 Å². The van der Waals surface area contributed by atoms with E-state index < -0.39 is 47.8 Å². The molecule has 0 unspecified atom stereocenters. The molecule has 1 amide bonds. The first kappa shape index (κ1) is 24.3. The van der Waals surface area contributed by atoms with Crippen molar-refractivity contribution < 1.29 is 37.0 Å². The number of carbonyl (C=O) groups is 2. The zero-order chi connectivity index (χ0) is 25.3. The SMILES string of the molecule is COC(=O)N(C1c2ccccc2-c2ccccc21)[C@@H](CCc1cc(F)c(C(F)F)c(F)c1)C(=O)O. The third-order valence-corrected chi connectivity index (χ3v) is 6.15. The molecule has 0 radical (unpaired) electrons. The Bertz CT molecular complexity index is 1210. The molecule has 1 N–H and O–H groups in total. The molecule has 0 bridgehead atoms. The standard InChI is InChI=1S/C26H21F4NO4/c1-35-26(34)31(23-17-8-4-2-6-15(17)16-7-3-5-9-18(16)23)21(25(32)33)11-10-14-12-19(27)22(24(29)30)20(28)13-14/h2-9,12-13,21,23-24H,10-11H2,1H3,(H,32,33)/t21-/m0/s1. The second kappa shape index (κ2) is 9.77. The maximum absolute atomic E-state index is 14.0. The van der Waals surface area contributed by atoms with Gasteiger partial charge >= 0.3 is 12.1 Å². The van der Waals surface area contributed by atoms with Crippen LogP contribution >= 0.6 is 0 Å². The van der Waals surface area contributed by atoms with Gasteiger partial charge in [-0.1, -0.05) is 48.5 Å². The van der Waals surface area contributed by atoms with Crippen LogP contribution in [0.4, 0.5) is 22.4 Å². The smallest absolute Gasteiger partial charge is 0.411 e. The average molecular weight is 487 g/mol. The van der Waals surface area contributed by atoms with E-state index in [4.69, 9.17) is 4.74 Å². The number of fused-ring (bicyclic) bond motifs is 3. The molecular formula is C26H21F4NO4. The molecule has 0 aliphatic heterocycles. The van der Waals surface area contributed by atoms with E-state index in [0.717, 1.165) is 35.3 Å². The van der Waals surface area contributed by atoms with Gasteiger partial charge in [0.15, 0.2) is 0 Å². The molecule has 3 aromatic carbocycles. The Morgan fingerprint density at radius 2 is 1.49 bits per heavy atom. The van der Waals surface area contributed by atoms with Gasteiger partial charge in [0, 0.05) is 0 Å². The van der Waals surface area contributed by atoms with E-state index in [1.165, 1.54) is 0 Å². The molecule has 1 aliphatic rings. The number of amides is 1. The van der Waals surface area contributed by atoms with Crippen LogP contribution in [-0.4, -0.2) is 35.2 Å². The van der Waals surface area contributed by atoms with E-state index >= 15 is 0 Å². The number of ether oxygens (including phenoxy) is 1. The molecule has 0 saturated heterocycles. The van der Waals surface area contributed by atoms with Crippen molar-refractivity contribution in [1.29, 1.82) is 0 Å². The molecule has 1 atom stereocenters. The number of halogens is 4. The summed E-state index contributed by atoms with van der Waals surface area (Å²) in [6, 6.07) is 13.9. The lowest BCUT2D eigenvalue weighted by molar-refractivity contribution is -0.143. The lowest BCUT2D eigenvalue weighted by atomic mass is 9.98. The Hall–Kier alpha value is -3.88. The van der Waals surface area contributed by atoms with Crippen molar-refractivity contribution in [2.24, 2.45) is 0 Å². The Labute approximate surface area is 198 Å². The molecule has 1 aliphatic carbocycles. The molecule has 9 heteroatoms. The summed E-state index contributed by atoms with van der Waals surface area (Å²) >= 11 is 0. The largest absolute Gasteiger partial charge is 0.480 e. The van der Waals surface area contributed by atoms with Crippen LogP contribution < -0.4 is 0 Å². The van der Waals surface area contributed by atoms with Gasteiger partial charge in [0.1, 0.15) is 17.7 Å². The number of aliphatic carboxylic acids is 1. The van der Waals surface area contributed by atoms with Gasteiger partial charge in [-0.05, 0) is 52.8 Å². The number of nitrogens with zero attached hydrogens (tertiary/aromatic N) is 1. The van der Waals surface area contributed by atoms with Crippen LogP contribution in [0.25, 0.3) is 11.1 Å². The summed E-state index contributed by atoms with van der Waals surface area (Å²) in [6.07, 6.45) is -4.64. The quantitative estimate of drug-likeness (QED) is 0.408. The normalized spacial score (nSPS) is 13.3. The number of methoxy groups -OCH3 is 1. The van der Waals surface area contributed by atoms with Crippen molar-refractivity contribution in [2.75, 3.05) is 7.11 Å². The Morgan fingerprint density at radius 3 is 1.94 bits per heavy atom. The highest BCUT2D eigenvalue weighted by Gasteiger charge is 2.42. The zero-order valence-electron chi connectivity index (χ0n) is 18.6.